The van der Waals surface area contributed by atoms with Crippen molar-refractivity contribution in [3.8, 4) is 17.3 Å². The number of hydrogen-bond acceptors (Lipinski definition) is 5. The van der Waals surface area contributed by atoms with Crippen molar-refractivity contribution < 1.29 is 13.9 Å². The Kier molecular flexibility index (Phi) is 5.92. The SMILES string of the molecule is CCCc1ccc(OCc2ccc(-c3n[nH]c(=S)n3C[C@H]3CCCO3)o2)cc1. The van der Waals surface area contributed by atoms with Gasteiger partial charge in [0.05, 0.1) is 12.6 Å². The van der Waals surface area contributed by atoms with Gasteiger partial charge in [0.2, 0.25) is 0 Å². The van der Waals surface area contributed by atoms with Crippen molar-refractivity contribution in [3.63, 3.8) is 0 Å². The highest BCUT2D eigenvalue weighted by Crippen LogP contribution is 2.24. The van der Waals surface area contributed by atoms with E-state index < -0.39 is 0 Å². The van der Waals surface area contributed by atoms with Crippen LogP contribution in [-0.4, -0.2) is 27.5 Å². The third-order valence-corrected chi connectivity index (χ3v) is 5.21. The predicted molar refractivity (Wildman–Crippen MR) is 109 cm³/mol. The molecule has 4 rings (SSSR count). The maximum absolute atomic E-state index is 5.96. The zero-order chi connectivity index (χ0) is 19.3. The lowest BCUT2D eigenvalue weighted by Gasteiger charge is -2.11. The van der Waals surface area contributed by atoms with Gasteiger partial charge in [-0.25, -0.2) is 0 Å². The van der Waals surface area contributed by atoms with Crippen molar-refractivity contribution in [2.75, 3.05) is 6.61 Å². The van der Waals surface area contributed by atoms with Crippen LogP contribution in [0.2, 0.25) is 0 Å². The van der Waals surface area contributed by atoms with Crippen molar-refractivity contribution in [3.05, 3.63) is 52.5 Å². The van der Waals surface area contributed by atoms with Gasteiger partial charge in [-0.3, -0.25) is 9.67 Å². The first-order valence-electron chi connectivity index (χ1n) is 9.80. The fourth-order valence-electron chi connectivity index (χ4n) is 3.44. The van der Waals surface area contributed by atoms with E-state index in [0.717, 1.165) is 43.8 Å². The third-order valence-electron chi connectivity index (χ3n) is 4.89. The Balaban J connectivity index is 1.42. The summed E-state index contributed by atoms with van der Waals surface area (Å²) >= 11 is 5.38. The molecule has 0 aliphatic carbocycles. The molecule has 0 bridgehead atoms. The lowest BCUT2D eigenvalue weighted by molar-refractivity contribution is 0.0969. The Morgan fingerprint density at radius 2 is 2.11 bits per heavy atom. The maximum Gasteiger partial charge on any atom is 0.198 e. The van der Waals surface area contributed by atoms with E-state index in [-0.39, 0.29) is 6.10 Å². The van der Waals surface area contributed by atoms with E-state index in [9.17, 15) is 0 Å². The molecule has 1 fully saturated rings. The van der Waals surface area contributed by atoms with Crippen LogP contribution in [0.4, 0.5) is 0 Å². The largest absolute Gasteiger partial charge is 0.486 e. The molecule has 0 saturated carbocycles. The van der Waals surface area contributed by atoms with Crippen molar-refractivity contribution in [2.24, 2.45) is 0 Å². The summed E-state index contributed by atoms with van der Waals surface area (Å²) in [5.41, 5.74) is 1.32. The smallest absolute Gasteiger partial charge is 0.198 e. The van der Waals surface area contributed by atoms with Crippen LogP contribution in [0, 0.1) is 4.77 Å². The molecule has 0 unspecified atom stereocenters. The van der Waals surface area contributed by atoms with E-state index >= 15 is 0 Å². The molecule has 0 amide bonds. The van der Waals surface area contributed by atoms with Crippen molar-refractivity contribution in [1.82, 2.24) is 14.8 Å². The molecule has 7 heteroatoms. The molecule has 2 aromatic heterocycles. The minimum absolute atomic E-state index is 0.177. The van der Waals surface area contributed by atoms with E-state index in [4.69, 9.17) is 26.1 Å². The van der Waals surface area contributed by atoms with Gasteiger partial charge in [0.25, 0.3) is 0 Å². The van der Waals surface area contributed by atoms with Crippen LogP contribution in [0.5, 0.6) is 5.75 Å². The first-order chi connectivity index (χ1) is 13.7. The number of hydrogen-bond donors (Lipinski definition) is 1. The van der Waals surface area contributed by atoms with Gasteiger partial charge >= 0.3 is 0 Å². The average molecular weight is 400 g/mol. The van der Waals surface area contributed by atoms with Gasteiger partial charge in [0.15, 0.2) is 16.4 Å². The Hall–Kier alpha value is -2.38. The summed E-state index contributed by atoms with van der Waals surface area (Å²) in [6, 6.07) is 12.0. The molecule has 3 aromatic rings. The number of nitrogens with zero attached hydrogens (tertiary/aromatic N) is 2. The Morgan fingerprint density at radius 1 is 1.25 bits per heavy atom. The molecule has 1 aliphatic rings. The minimum atomic E-state index is 0.177. The van der Waals surface area contributed by atoms with Gasteiger partial charge in [-0.1, -0.05) is 25.5 Å². The monoisotopic (exact) mass is 399 g/mol. The molecule has 1 atom stereocenters. The summed E-state index contributed by atoms with van der Waals surface area (Å²) in [6.07, 6.45) is 4.54. The quantitative estimate of drug-likeness (QED) is 0.545. The molecule has 6 nitrogen and oxygen atoms in total. The number of H-pyrrole nitrogens is 1. The Labute approximate surface area is 169 Å². The molecule has 1 saturated heterocycles. The number of aryl methyl sites for hydroxylation is 1. The van der Waals surface area contributed by atoms with Crippen LogP contribution in [-0.2, 0) is 24.3 Å². The van der Waals surface area contributed by atoms with E-state index in [1.165, 1.54) is 5.56 Å². The van der Waals surface area contributed by atoms with Crippen LogP contribution in [0.3, 0.4) is 0 Å². The van der Waals surface area contributed by atoms with Gasteiger partial charge in [0.1, 0.15) is 18.1 Å². The average Bonchev–Trinajstić information content (AvgIpc) is 3.45. The topological polar surface area (TPSA) is 65.2 Å². The van der Waals surface area contributed by atoms with Gasteiger partial charge in [-0.05, 0) is 61.3 Å². The summed E-state index contributed by atoms with van der Waals surface area (Å²) in [5, 5.41) is 7.20. The number of rotatable bonds is 8. The van der Waals surface area contributed by atoms with E-state index in [2.05, 4.69) is 29.3 Å². The summed E-state index contributed by atoms with van der Waals surface area (Å²) in [5.74, 6) is 2.93. The summed E-state index contributed by atoms with van der Waals surface area (Å²) in [6.45, 7) is 4.04. The summed E-state index contributed by atoms with van der Waals surface area (Å²) in [7, 11) is 0. The number of aromatic nitrogens is 3. The fraction of sp³-hybridized carbons (Fsp3) is 0.429. The van der Waals surface area contributed by atoms with Crippen LogP contribution in [0.15, 0.2) is 40.8 Å². The molecular weight excluding hydrogens is 374 g/mol. The molecule has 1 aliphatic heterocycles. The molecule has 1 N–H and O–H groups in total. The maximum atomic E-state index is 5.96. The van der Waals surface area contributed by atoms with Crippen LogP contribution in [0.1, 0.15) is 37.5 Å². The van der Waals surface area contributed by atoms with Crippen LogP contribution in [0.25, 0.3) is 11.6 Å². The number of nitrogens with one attached hydrogen (secondary N) is 1. The highest BCUT2D eigenvalue weighted by Gasteiger charge is 2.20. The van der Waals surface area contributed by atoms with E-state index in [1.807, 2.05) is 28.8 Å². The Bertz CT molecular complexity index is 952. The summed E-state index contributed by atoms with van der Waals surface area (Å²) < 4.78 is 20.1. The lowest BCUT2D eigenvalue weighted by atomic mass is 10.1. The zero-order valence-corrected chi connectivity index (χ0v) is 16.8. The standard InChI is InChI=1S/C21H25N3O3S/c1-2-4-15-6-8-16(9-7-15)26-14-18-10-11-19(27-18)20-22-23-21(28)24(20)13-17-5-3-12-25-17/h6-11,17H,2-5,12-14H2,1H3,(H,23,28)/t17-/m1/s1. The highest BCUT2D eigenvalue weighted by atomic mass is 32.1. The lowest BCUT2D eigenvalue weighted by Crippen LogP contribution is -2.15. The van der Waals surface area contributed by atoms with Crippen molar-refractivity contribution in [1.29, 1.82) is 0 Å². The molecule has 3 heterocycles. The molecule has 28 heavy (non-hydrogen) atoms. The number of furan rings is 1. The molecule has 1 aromatic carbocycles. The van der Waals surface area contributed by atoms with Crippen molar-refractivity contribution >= 4 is 12.2 Å². The van der Waals surface area contributed by atoms with E-state index in [1.54, 1.807) is 0 Å². The Morgan fingerprint density at radius 3 is 2.86 bits per heavy atom. The first-order valence-corrected chi connectivity index (χ1v) is 10.2. The van der Waals surface area contributed by atoms with E-state index in [0.29, 0.717) is 29.5 Å². The second-order valence-electron chi connectivity index (χ2n) is 7.05. The predicted octanol–water partition coefficient (Wildman–Crippen LogP) is 4.91. The van der Waals surface area contributed by atoms with Crippen molar-refractivity contribution in [2.45, 2.75) is 51.9 Å². The molecule has 0 radical (unpaired) electrons. The first kappa shape index (κ1) is 19.0. The second kappa shape index (κ2) is 8.75. The minimum Gasteiger partial charge on any atom is -0.486 e. The van der Waals surface area contributed by atoms with Crippen LogP contribution < -0.4 is 4.74 Å². The third kappa shape index (κ3) is 4.36. The van der Waals surface area contributed by atoms with Gasteiger partial charge in [-0.2, -0.15) is 5.10 Å². The number of aromatic amines is 1. The van der Waals surface area contributed by atoms with Gasteiger partial charge in [0, 0.05) is 6.61 Å². The highest BCUT2D eigenvalue weighted by molar-refractivity contribution is 7.71. The second-order valence-corrected chi connectivity index (χ2v) is 7.43. The van der Waals surface area contributed by atoms with Gasteiger partial charge in [-0.15, -0.1) is 0 Å². The molecule has 0 spiro atoms. The van der Waals surface area contributed by atoms with Gasteiger partial charge < -0.3 is 13.9 Å². The summed E-state index contributed by atoms with van der Waals surface area (Å²) in [4.78, 5) is 0. The molecule has 148 valence electrons. The number of benzene rings is 1. The normalized spacial score (nSPS) is 16.5. The zero-order valence-electron chi connectivity index (χ0n) is 16.0. The number of ether oxygens (including phenoxy) is 2. The van der Waals surface area contributed by atoms with Crippen LogP contribution >= 0.6 is 12.2 Å². The fourth-order valence-corrected chi connectivity index (χ4v) is 3.64. The molecular formula is C21H25N3O3S.